The van der Waals surface area contributed by atoms with E-state index in [0.29, 0.717) is 23.0 Å². The van der Waals surface area contributed by atoms with Crippen LogP contribution in [0.2, 0.25) is 5.02 Å². The van der Waals surface area contributed by atoms with Crippen LogP contribution in [0.4, 0.5) is 0 Å². The summed E-state index contributed by atoms with van der Waals surface area (Å²) >= 11 is 6.05. The van der Waals surface area contributed by atoms with Crippen molar-refractivity contribution in [1.29, 1.82) is 0 Å². The number of hydrogen-bond acceptors (Lipinski definition) is 2. The first-order valence-corrected chi connectivity index (χ1v) is 8.36. The summed E-state index contributed by atoms with van der Waals surface area (Å²) in [5.74, 6) is 1.52. The normalized spacial score (nSPS) is 14.3. The summed E-state index contributed by atoms with van der Waals surface area (Å²) in [4.78, 5) is 19.4. The molecule has 122 valence electrons. The van der Waals surface area contributed by atoms with Crippen LogP contribution in [0.25, 0.3) is 0 Å². The molecule has 1 aromatic carbocycles. The Kier molecular flexibility index (Phi) is 4.19. The SMILES string of the molecule is Cc1cc(C(=O)N2CCc3c(nc(C(C)C)n3C)C2)ccc1Cl. The number of carbonyl (C=O) groups is 1. The van der Waals surface area contributed by atoms with Gasteiger partial charge in [0.15, 0.2) is 0 Å². The fourth-order valence-electron chi connectivity index (χ4n) is 3.20. The average Bonchev–Trinajstić information content (AvgIpc) is 2.86. The van der Waals surface area contributed by atoms with Crippen molar-refractivity contribution in [2.45, 2.75) is 39.7 Å². The van der Waals surface area contributed by atoms with E-state index in [1.165, 1.54) is 5.69 Å². The number of benzene rings is 1. The van der Waals surface area contributed by atoms with Gasteiger partial charge in [0.1, 0.15) is 5.82 Å². The summed E-state index contributed by atoms with van der Waals surface area (Å²) in [6, 6.07) is 5.44. The maximum absolute atomic E-state index is 12.7. The minimum absolute atomic E-state index is 0.0483. The van der Waals surface area contributed by atoms with Crippen LogP contribution in [0.1, 0.15) is 52.9 Å². The van der Waals surface area contributed by atoms with Gasteiger partial charge >= 0.3 is 0 Å². The predicted molar refractivity (Wildman–Crippen MR) is 91.9 cm³/mol. The number of rotatable bonds is 2. The molecule has 0 N–H and O–H groups in total. The molecular weight excluding hydrogens is 310 g/mol. The van der Waals surface area contributed by atoms with Gasteiger partial charge in [-0.15, -0.1) is 0 Å². The summed E-state index contributed by atoms with van der Waals surface area (Å²) in [6.45, 7) is 7.52. The minimum Gasteiger partial charge on any atom is -0.334 e. The van der Waals surface area contributed by atoms with Crippen molar-refractivity contribution in [3.63, 3.8) is 0 Å². The van der Waals surface area contributed by atoms with Gasteiger partial charge in [0.2, 0.25) is 0 Å². The second-order valence-electron chi connectivity index (χ2n) is 6.52. The molecule has 0 fully saturated rings. The molecule has 0 saturated carbocycles. The van der Waals surface area contributed by atoms with Crippen molar-refractivity contribution in [2.75, 3.05) is 6.54 Å². The van der Waals surface area contributed by atoms with Crippen LogP contribution in [0.15, 0.2) is 18.2 Å². The third-order valence-electron chi connectivity index (χ3n) is 4.50. The molecule has 0 atom stereocenters. The van der Waals surface area contributed by atoms with Crippen molar-refractivity contribution in [1.82, 2.24) is 14.5 Å². The molecule has 4 nitrogen and oxygen atoms in total. The monoisotopic (exact) mass is 331 g/mol. The van der Waals surface area contributed by atoms with Crippen molar-refractivity contribution in [3.05, 3.63) is 51.6 Å². The average molecular weight is 332 g/mol. The Morgan fingerprint density at radius 3 is 2.74 bits per heavy atom. The molecule has 0 saturated heterocycles. The Balaban J connectivity index is 1.85. The zero-order valence-electron chi connectivity index (χ0n) is 14.1. The van der Waals surface area contributed by atoms with Crippen LogP contribution >= 0.6 is 11.6 Å². The number of hydrogen-bond donors (Lipinski definition) is 0. The molecule has 2 heterocycles. The third kappa shape index (κ3) is 2.88. The van der Waals surface area contributed by atoms with Crippen LogP contribution < -0.4 is 0 Å². The fraction of sp³-hybridized carbons (Fsp3) is 0.444. The molecule has 1 amide bonds. The van der Waals surface area contributed by atoms with E-state index in [9.17, 15) is 4.79 Å². The highest BCUT2D eigenvalue weighted by atomic mass is 35.5. The molecule has 0 bridgehead atoms. The van der Waals surface area contributed by atoms with Gasteiger partial charge in [-0.1, -0.05) is 25.4 Å². The molecule has 0 radical (unpaired) electrons. The second kappa shape index (κ2) is 6.00. The van der Waals surface area contributed by atoms with E-state index in [1.807, 2.05) is 17.9 Å². The molecule has 0 aliphatic carbocycles. The lowest BCUT2D eigenvalue weighted by atomic mass is 10.1. The third-order valence-corrected chi connectivity index (χ3v) is 4.92. The van der Waals surface area contributed by atoms with Crippen molar-refractivity contribution < 1.29 is 4.79 Å². The maximum atomic E-state index is 12.7. The van der Waals surface area contributed by atoms with Crippen molar-refractivity contribution in [3.8, 4) is 0 Å². The van der Waals surface area contributed by atoms with Gasteiger partial charge in [0.25, 0.3) is 5.91 Å². The van der Waals surface area contributed by atoms with Gasteiger partial charge in [-0.25, -0.2) is 4.98 Å². The number of nitrogens with zero attached hydrogens (tertiary/aromatic N) is 3. The topological polar surface area (TPSA) is 38.1 Å². The van der Waals surface area contributed by atoms with Crippen LogP contribution in [-0.4, -0.2) is 26.9 Å². The van der Waals surface area contributed by atoms with E-state index >= 15 is 0 Å². The lowest BCUT2D eigenvalue weighted by Crippen LogP contribution is -2.36. The largest absolute Gasteiger partial charge is 0.334 e. The van der Waals surface area contributed by atoms with E-state index in [2.05, 4.69) is 25.5 Å². The zero-order valence-corrected chi connectivity index (χ0v) is 14.8. The number of imidazole rings is 1. The predicted octanol–water partition coefficient (Wildman–Crippen LogP) is 3.70. The quantitative estimate of drug-likeness (QED) is 0.841. The summed E-state index contributed by atoms with van der Waals surface area (Å²) in [7, 11) is 2.07. The Morgan fingerprint density at radius 1 is 1.35 bits per heavy atom. The van der Waals surface area contributed by atoms with Gasteiger partial charge < -0.3 is 9.47 Å². The van der Waals surface area contributed by atoms with Gasteiger partial charge in [-0.3, -0.25) is 4.79 Å². The first-order valence-electron chi connectivity index (χ1n) is 7.98. The molecule has 23 heavy (non-hydrogen) atoms. The molecule has 5 heteroatoms. The number of fused-ring (bicyclic) bond motifs is 1. The summed E-state index contributed by atoms with van der Waals surface area (Å²) < 4.78 is 2.19. The molecule has 1 aromatic heterocycles. The number of amides is 1. The minimum atomic E-state index is 0.0483. The zero-order chi connectivity index (χ0) is 16.7. The van der Waals surface area contributed by atoms with Crippen LogP contribution in [0.5, 0.6) is 0 Å². The van der Waals surface area contributed by atoms with E-state index in [-0.39, 0.29) is 5.91 Å². The first-order chi connectivity index (χ1) is 10.9. The summed E-state index contributed by atoms with van der Waals surface area (Å²) in [5.41, 5.74) is 3.90. The molecule has 0 unspecified atom stereocenters. The van der Waals surface area contributed by atoms with E-state index in [0.717, 1.165) is 30.0 Å². The van der Waals surface area contributed by atoms with Gasteiger partial charge in [-0.2, -0.15) is 0 Å². The standard InChI is InChI=1S/C18H22ClN3O/c1-11(2)17-20-15-10-22(8-7-16(15)21(17)4)18(23)13-5-6-14(19)12(3)9-13/h5-6,9,11H,7-8,10H2,1-4H3. The Morgan fingerprint density at radius 2 is 2.09 bits per heavy atom. The van der Waals surface area contributed by atoms with Gasteiger partial charge in [-0.05, 0) is 30.7 Å². The van der Waals surface area contributed by atoms with Gasteiger partial charge in [0, 0.05) is 42.2 Å². The smallest absolute Gasteiger partial charge is 0.254 e. The maximum Gasteiger partial charge on any atom is 0.254 e. The highest BCUT2D eigenvalue weighted by molar-refractivity contribution is 6.31. The van der Waals surface area contributed by atoms with Crippen molar-refractivity contribution in [2.24, 2.45) is 7.05 Å². The second-order valence-corrected chi connectivity index (χ2v) is 6.92. The van der Waals surface area contributed by atoms with Crippen LogP contribution in [-0.2, 0) is 20.0 Å². The lowest BCUT2D eigenvalue weighted by Gasteiger charge is -2.27. The van der Waals surface area contributed by atoms with Crippen molar-refractivity contribution >= 4 is 17.5 Å². The molecule has 2 aromatic rings. The van der Waals surface area contributed by atoms with Gasteiger partial charge in [0.05, 0.1) is 12.2 Å². The summed E-state index contributed by atoms with van der Waals surface area (Å²) in [6.07, 6.45) is 0.851. The number of aromatic nitrogens is 2. The summed E-state index contributed by atoms with van der Waals surface area (Å²) in [5, 5.41) is 0.689. The number of aryl methyl sites for hydroxylation is 1. The van der Waals surface area contributed by atoms with Crippen LogP contribution in [0.3, 0.4) is 0 Å². The highest BCUT2D eigenvalue weighted by Gasteiger charge is 2.27. The van der Waals surface area contributed by atoms with E-state index in [4.69, 9.17) is 16.6 Å². The lowest BCUT2D eigenvalue weighted by molar-refractivity contribution is 0.0731. The molecule has 0 spiro atoms. The van der Waals surface area contributed by atoms with E-state index < -0.39 is 0 Å². The fourth-order valence-corrected chi connectivity index (χ4v) is 3.32. The highest BCUT2D eigenvalue weighted by Crippen LogP contribution is 2.25. The Hall–Kier alpha value is -1.81. The number of carbonyl (C=O) groups excluding carboxylic acids is 1. The Labute approximate surface area is 142 Å². The first kappa shape index (κ1) is 16.1. The molecule has 3 rings (SSSR count). The molecule has 1 aliphatic heterocycles. The van der Waals surface area contributed by atoms with E-state index in [1.54, 1.807) is 12.1 Å². The Bertz CT molecular complexity index is 764. The molecular formula is C18H22ClN3O. The molecule has 1 aliphatic rings. The number of halogens is 1. The van der Waals surface area contributed by atoms with Crippen LogP contribution in [0, 0.1) is 6.92 Å².